The van der Waals surface area contributed by atoms with Crippen LogP contribution in [0.5, 0.6) is 0 Å². The lowest BCUT2D eigenvalue weighted by molar-refractivity contribution is -0.133. The van der Waals surface area contributed by atoms with Crippen LogP contribution < -0.4 is 0 Å². The quantitative estimate of drug-likeness (QED) is 0.660. The highest BCUT2D eigenvalue weighted by Gasteiger charge is 2.30. The number of carbonyl (C=O) groups is 1. The third-order valence-corrected chi connectivity index (χ3v) is 5.54. The van der Waals surface area contributed by atoms with Crippen LogP contribution in [0.25, 0.3) is 10.7 Å². The first kappa shape index (κ1) is 17.8. The molecule has 4 rings (SSSR count). The van der Waals surface area contributed by atoms with Crippen LogP contribution in [0, 0.1) is 6.92 Å². The van der Waals surface area contributed by atoms with Gasteiger partial charge < -0.3 is 13.9 Å². The zero-order valence-corrected chi connectivity index (χ0v) is 15.9. The maximum atomic E-state index is 12.9. The third-order valence-electron chi connectivity index (χ3n) is 4.68. The van der Waals surface area contributed by atoms with E-state index in [1.54, 1.807) is 18.3 Å². The van der Waals surface area contributed by atoms with Crippen LogP contribution in [-0.2, 0) is 11.2 Å². The molecule has 27 heavy (non-hydrogen) atoms. The topological polar surface area (TPSA) is 98.2 Å². The maximum Gasteiger partial charge on any atom is 0.227 e. The Morgan fingerprint density at radius 1 is 1.26 bits per heavy atom. The van der Waals surface area contributed by atoms with Crippen LogP contribution in [-0.4, -0.2) is 37.6 Å². The lowest BCUT2D eigenvalue weighted by Crippen LogP contribution is -2.35. The zero-order valence-electron chi connectivity index (χ0n) is 15.1. The Morgan fingerprint density at radius 3 is 2.96 bits per heavy atom. The minimum atomic E-state index is -0.123. The first-order chi connectivity index (χ1) is 13.2. The predicted octanol–water partition coefficient (Wildman–Crippen LogP) is 3.57. The summed E-state index contributed by atoms with van der Waals surface area (Å²) in [7, 11) is 0. The Labute approximate surface area is 160 Å². The molecule has 142 valence electrons. The molecule has 0 bridgehead atoms. The van der Waals surface area contributed by atoms with Crippen molar-refractivity contribution in [1.82, 2.24) is 25.2 Å². The standard InChI is InChI=1S/C18H21N5O3S/c1-12-19-17(21-25-12)13-6-3-2-4-10-23(13)16(24)9-8-15-20-18(22-26-15)14-7-5-11-27-14/h5,7,11,13H,2-4,6,8-10H2,1H3. The Hall–Kier alpha value is -2.55. The van der Waals surface area contributed by atoms with Crippen molar-refractivity contribution in [2.45, 2.75) is 51.5 Å². The van der Waals surface area contributed by atoms with Crippen LogP contribution in [0.15, 0.2) is 26.6 Å². The monoisotopic (exact) mass is 387 g/mol. The number of carbonyl (C=O) groups excluding carboxylic acids is 1. The minimum Gasteiger partial charge on any atom is -0.340 e. The summed E-state index contributed by atoms with van der Waals surface area (Å²) in [5.74, 6) is 2.23. The third kappa shape index (κ3) is 4.08. The molecule has 0 saturated carbocycles. The van der Waals surface area contributed by atoms with Crippen molar-refractivity contribution >= 4 is 17.2 Å². The summed E-state index contributed by atoms with van der Waals surface area (Å²) < 4.78 is 10.4. The summed E-state index contributed by atoms with van der Waals surface area (Å²) >= 11 is 1.56. The van der Waals surface area contributed by atoms with Crippen LogP contribution in [0.4, 0.5) is 0 Å². The number of thiophene rings is 1. The van der Waals surface area contributed by atoms with Crippen molar-refractivity contribution in [1.29, 1.82) is 0 Å². The smallest absolute Gasteiger partial charge is 0.227 e. The second-order valence-corrected chi connectivity index (χ2v) is 7.56. The minimum absolute atomic E-state index is 0.0558. The van der Waals surface area contributed by atoms with Crippen molar-refractivity contribution in [3.05, 3.63) is 35.1 Å². The molecule has 8 nitrogen and oxygen atoms in total. The number of rotatable bonds is 5. The summed E-state index contributed by atoms with van der Waals surface area (Å²) in [6.45, 7) is 2.47. The molecular formula is C18H21N5O3S. The molecule has 3 aromatic rings. The summed E-state index contributed by atoms with van der Waals surface area (Å²) in [4.78, 5) is 24.5. The molecule has 0 radical (unpaired) electrons. The van der Waals surface area contributed by atoms with Gasteiger partial charge in [-0.15, -0.1) is 11.3 Å². The Kier molecular flexibility index (Phi) is 5.28. The molecule has 0 N–H and O–H groups in total. The van der Waals surface area contributed by atoms with Gasteiger partial charge in [-0.25, -0.2) is 0 Å². The predicted molar refractivity (Wildman–Crippen MR) is 97.9 cm³/mol. The number of aryl methyl sites for hydroxylation is 2. The number of aromatic nitrogens is 4. The van der Waals surface area contributed by atoms with Gasteiger partial charge in [-0.2, -0.15) is 9.97 Å². The molecule has 0 spiro atoms. The van der Waals surface area contributed by atoms with E-state index in [-0.39, 0.29) is 11.9 Å². The fraction of sp³-hybridized carbons (Fsp3) is 0.500. The Morgan fingerprint density at radius 2 is 2.19 bits per heavy atom. The second kappa shape index (κ2) is 7.99. The van der Waals surface area contributed by atoms with Gasteiger partial charge in [-0.3, -0.25) is 4.79 Å². The molecule has 3 aromatic heterocycles. The largest absolute Gasteiger partial charge is 0.340 e. The van der Waals surface area contributed by atoms with Crippen LogP contribution in [0.1, 0.15) is 55.8 Å². The molecular weight excluding hydrogens is 366 g/mol. The molecule has 0 aromatic carbocycles. The van der Waals surface area contributed by atoms with E-state index in [0.29, 0.717) is 42.8 Å². The number of nitrogens with zero attached hydrogens (tertiary/aromatic N) is 5. The normalized spacial score (nSPS) is 17.8. The van der Waals surface area contributed by atoms with Crippen LogP contribution >= 0.6 is 11.3 Å². The van der Waals surface area contributed by atoms with Gasteiger partial charge in [0.05, 0.1) is 10.9 Å². The fourth-order valence-electron chi connectivity index (χ4n) is 3.35. The number of likely N-dealkylation sites (tertiary alicyclic amines) is 1. The average molecular weight is 387 g/mol. The van der Waals surface area contributed by atoms with Crippen molar-refractivity contribution in [2.75, 3.05) is 6.54 Å². The van der Waals surface area contributed by atoms with Gasteiger partial charge in [0.15, 0.2) is 5.82 Å². The second-order valence-electron chi connectivity index (χ2n) is 6.61. The van der Waals surface area contributed by atoms with E-state index in [1.165, 1.54) is 0 Å². The lowest BCUT2D eigenvalue weighted by Gasteiger charge is -2.27. The highest BCUT2D eigenvalue weighted by molar-refractivity contribution is 7.13. The van der Waals surface area contributed by atoms with E-state index in [4.69, 9.17) is 9.05 Å². The molecule has 0 aliphatic carbocycles. The van der Waals surface area contributed by atoms with Crippen molar-refractivity contribution in [3.63, 3.8) is 0 Å². The fourth-order valence-corrected chi connectivity index (χ4v) is 3.99. The Balaban J connectivity index is 1.42. The van der Waals surface area contributed by atoms with Gasteiger partial charge in [0, 0.05) is 26.3 Å². The molecule has 1 atom stereocenters. The molecule has 9 heteroatoms. The van der Waals surface area contributed by atoms with E-state index in [1.807, 2.05) is 22.4 Å². The average Bonchev–Trinajstić information content (AvgIpc) is 3.39. The number of amides is 1. The van der Waals surface area contributed by atoms with Crippen molar-refractivity contribution in [2.24, 2.45) is 0 Å². The SMILES string of the molecule is Cc1nc(C2CCCCCN2C(=O)CCc2nc(-c3cccs3)no2)no1. The lowest BCUT2D eigenvalue weighted by atomic mass is 10.1. The van der Waals surface area contributed by atoms with E-state index in [9.17, 15) is 4.79 Å². The van der Waals surface area contributed by atoms with E-state index in [2.05, 4.69) is 20.3 Å². The van der Waals surface area contributed by atoms with E-state index >= 15 is 0 Å². The summed E-state index contributed by atoms with van der Waals surface area (Å²) in [5, 5.41) is 10.0. The van der Waals surface area contributed by atoms with E-state index < -0.39 is 0 Å². The number of hydrogen-bond acceptors (Lipinski definition) is 8. The zero-order chi connectivity index (χ0) is 18.6. The van der Waals surface area contributed by atoms with Gasteiger partial charge in [-0.05, 0) is 24.3 Å². The van der Waals surface area contributed by atoms with Crippen molar-refractivity contribution in [3.8, 4) is 10.7 Å². The number of hydrogen-bond donors (Lipinski definition) is 0. The van der Waals surface area contributed by atoms with Gasteiger partial charge in [0.2, 0.25) is 23.5 Å². The van der Waals surface area contributed by atoms with Gasteiger partial charge in [0.25, 0.3) is 0 Å². The van der Waals surface area contributed by atoms with E-state index in [0.717, 1.165) is 30.6 Å². The summed E-state index contributed by atoms with van der Waals surface area (Å²) in [5.41, 5.74) is 0. The summed E-state index contributed by atoms with van der Waals surface area (Å²) in [6.07, 6.45) is 4.74. The molecule has 1 aliphatic rings. The molecule has 1 amide bonds. The maximum absolute atomic E-state index is 12.9. The highest BCUT2D eigenvalue weighted by atomic mass is 32.1. The van der Waals surface area contributed by atoms with Crippen molar-refractivity contribution < 1.29 is 13.8 Å². The first-order valence-electron chi connectivity index (χ1n) is 9.17. The molecule has 1 fully saturated rings. The molecule has 1 unspecified atom stereocenters. The molecule has 4 heterocycles. The van der Waals surface area contributed by atoms with Crippen LogP contribution in [0.3, 0.4) is 0 Å². The molecule has 1 aliphatic heterocycles. The highest BCUT2D eigenvalue weighted by Crippen LogP contribution is 2.29. The van der Waals surface area contributed by atoms with Gasteiger partial charge in [0.1, 0.15) is 0 Å². The first-order valence-corrected chi connectivity index (χ1v) is 10.0. The summed E-state index contributed by atoms with van der Waals surface area (Å²) in [6, 6.07) is 3.76. The van der Waals surface area contributed by atoms with Crippen LogP contribution in [0.2, 0.25) is 0 Å². The Bertz CT molecular complexity index is 889. The molecule has 1 saturated heterocycles. The van der Waals surface area contributed by atoms with Gasteiger partial charge in [-0.1, -0.05) is 29.2 Å². The van der Waals surface area contributed by atoms with Gasteiger partial charge >= 0.3 is 0 Å².